The SMILES string of the molecule is Cc1cnc(N)c(C(=O)C2CSC(C)C(C)S2)c1. The molecule has 3 nitrogen and oxygen atoms in total. The van der Waals surface area contributed by atoms with Gasteiger partial charge in [-0.25, -0.2) is 4.98 Å². The van der Waals surface area contributed by atoms with Crippen LogP contribution in [0.2, 0.25) is 0 Å². The Labute approximate surface area is 116 Å². The lowest BCUT2D eigenvalue weighted by atomic mass is 10.1. The van der Waals surface area contributed by atoms with E-state index >= 15 is 0 Å². The zero-order chi connectivity index (χ0) is 13.3. The largest absolute Gasteiger partial charge is 0.383 e. The van der Waals surface area contributed by atoms with Crippen LogP contribution in [-0.4, -0.2) is 32.3 Å². The van der Waals surface area contributed by atoms with Crippen LogP contribution in [0.4, 0.5) is 5.82 Å². The van der Waals surface area contributed by atoms with E-state index in [2.05, 4.69) is 18.8 Å². The summed E-state index contributed by atoms with van der Waals surface area (Å²) in [5.41, 5.74) is 7.36. The van der Waals surface area contributed by atoms with Crippen molar-refractivity contribution in [2.24, 2.45) is 0 Å². The second-order valence-electron chi connectivity index (χ2n) is 4.68. The summed E-state index contributed by atoms with van der Waals surface area (Å²) in [5.74, 6) is 1.34. The normalized spacial score (nSPS) is 28.1. The average molecular weight is 282 g/mol. The number of thioether (sulfide) groups is 2. The van der Waals surface area contributed by atoms with E-state index in [0.717, 1.165) is 11.3 Å². The van der Waals surface area contributed by atoms with Gasteiger partial charge in [-0.15, -0.1) is 11.8 Å². The van der Waals surface area contributed by atoms with Crippen molar-refractivity contribution in [1.82, 2.24) is 4.98 Å². The van der Waals surface area contributed by atoms with Gasteiger partial charge in [0.2, 0.25) is 0 Å². The van der Waals surface area contributed by atoms with Gasteiger partial charge in [-0.1, -0.05) is 13.8 Å². The third kappa shape index (κ3) is 2.83. The molecule has 2 heterocycles. The van der Waals surface area contributed by atoms with Gasteiger partial charge in [-0.3, -0.25) is 4.79 Å². The summed E-state index contributed by atoms with van der Waals surface area (Å²) < 4.78 is 0. The zero-order valence-electron chi connectivity index (χ0n) is 10.8. The van der Waals surface area contributed by atoms with Crippen LogP contribution < -0.4 is 5.73 Å². The first-order valence-corrected chi connectivity index (χ1v) is 8.01. The van der Waals surface area contributed by atoms with E-state index in [9.17, 15) is 4.79 Å². The maximum Gasteiger partial charge on any atom is 0.180 e. The van der Waals surface area contributed by atoms with Gasteiger partial charge in [0, 0.05) is 22.4 Å². The third-order valence-electron chi connectivity index (χ3n) is 3.16. The summed E-state index contributed by atoms with van der Waals surface area (Å²) in [4.78, 5) is 16.5. The third-order valence-corrected chi connectivity index (χ3v) is 6.55. The molecule has 2 rings (SSSR count). The van der Waals surface area contributed by atoms with Crippen LogP contribution in [0.15, 0.2) is 12.3 Å². The molecule has 1 aliphatic heterocycles. The van der Waals surface area contributed by atoms with Crippen molar-refractivity contribution in [3.63, 3.8) is 0 Å². The maximum absolute atomic E-state index is 12.5. The molecule has 1 fully saturated rings. The lowest BCUT2D eigenvalue weighted by Gasteiger charge is -2.30. The van der Waals surface area contributed by atoms with Gasteiger partial charge in [-0.2, -0.15) is 11.8 Å². The molecule has 0 saturated carbocycles. The van der Waals surface area contributed by atoms with Crippen LogP contribution in [0, 0.1) is 6.92 Å². The minimum atomic E-state index is 0.00657. The molecule has 1 saturated heterocycles. The monoisotopic (exact) mass is 282 g/mol. The Bertz CT molecular complexity index is 464. The standard InChI is InChI=1S/C13H18N2OS2/c1-7-4-10(13(14)15-5-7)12(16)11-6-17-8(2)9(3)18-11/h4-5,8-9,11H,6H2,1-3H3,(H2,14,15). The van der Waals surface area contributed by atoms with Crippen LogP contribution in [0.1, 0.15) is 29.8 Å². The second-order valence-corrected chi connectivity index (χ2v) is 7.67. The molecule has 18 heavy (non-hydrogen) atoms. The highest BCUT2D eigenvalue weighted by molar-refractivity contribution is 8.08. The summed E-state index contributed by atoms with van der Waals surface area (Å²) in [7, 11) is 0. The van der Waals surface area contributed by atoms with E-state index in [1.165, 1.54) is 0 Å². The second kappa shape index (κ2) is 5.53. The van der Waals surface area contributed by atoms with E-state index in [1.54, 1.807) is 18.0 Å². The number of hydrogen-bond acceptors (Lipinski definition) is 5. The molecular weight excluding hydrogens is 264 g/mol. The lowest BCUT2D eigenvalue weighted by molar-refractivity contribution is 0.0995. The molecule has 3 atom stereocenters. The zero-order valence-corrected chi connectivity index (χ0v) is 12.5. The molecule has 98 valence electrons. The fraction of sp³-hybridized carbons (Fsp3) is 0.538. The van der Waals surface area contributed by atoms with Gasteiger partial charge < -0.3 is 5.73 Å². The molecule has 0 spiro atoms. The van der Waals surface area contributed by atoms with Crippen molar-refractivity contribution in [1.29, 1.82) is 0 Å². The first-order chi connectivity index (χ1) is 8.49. The predicted octanol–water partition coefficient (Wildman–Crippen LogP) is 2.78. The first kappa shape index (κ1) is 13.7. The summed E-state index contributed by atoms with van der Waals surface area (Å²) in [6, 6.07) is 1.85. The van der Waals surface area contributed by atoms with E-state index in [1.807, 2.05) is 24.8 Å². The number of aryl methyl sites for hydroxylation is 1. The molecule has 0 radical (unpaired) electrons. The van der Waals surface area contributed by atoms with Crippen molar-refractivity contribution >= 4 is 35.1 Å². The number of Topliss-reactive ketones (excluding diaryl/α,β-unsaturated/α-hetero) is 1. The van der Waals surface area contributed by atoms with E-state index in [0.29, 0.717) is 21.9 Å². The number of rotatable bonds is 2. The summed E-state index contributed by atoms with van der Waals surface area (Å²) in [5, 5.41) is 1.11. The summed E-state index contributed by atoms with van der Waals surface area (Å²) >= 11 is 3.62. The van der Waals surface area contributed by atoms with E-state index in [4.69, 9.17) is 5.73 Å². The van der Waals surface area contributed by atoms with Gasteiger partial charge in [0.25, 0.3) is 0 Å². The minimum Gasteiger partial charge on any atom is -0.383 e. The molecule has 1 aromatic rings. The highest BCUT2D eigenvalue weighted by Gasteiger charge is 2.31. The first-order valence-electron chi connectivity index (χ1n) is 6.02. The van der Waals surface area contributed by atoms with Crippen molar-refractivity contribution in [2.75, 3.05) is 11.5 Å². The molecule has 2 N–H and O–H groups in total. The number of pyridine rings is 1. The number of nitrogen functional groups attached to an aromatic ring is 1. The highest BCUT2D eigenvalue weighted by Crippen LogP contribution is 2.37. The lowest BCUT2D eigenvalue weighted by Crippen LogP contribution is -2.32. The van der Waals surface area contributed by atoms with Crippen molar-refractivity contribution < 1.29 is 4.79 Å². The van der Waals surface area contributed by atoms with Crippen LogP contribution in [0.5, 0.6) is 0 Å². The number of nitrogens with two attached hydrogens (primary N) is 1. The smallest absolute Gasteiger partial charge is 0.180 e. The molecule has 0 amide bonds. The number of hydrogen-bond donors (Lipinski definition) is 1. The predicted molar refractivity (Wildman–Crippen MR) is 80.5 cm³/mol. The molecule has 3 unspecified atom stereocenters. The number of nitrogens with zero attached hydrogens (tertiary/aromatic N) is 1. The molecule has 0 aliphatic carbocycles. The minimum absolute atomic E-state index is 0.00657. The van der Waals surface area contributed by atoms with Crippen molar-refractivity contribution in [3.8, 4) is 0 Å². The molecule has 0 aromatic carbocycles. The Kier molecular flexibility index (Phi) is 4.22. The van der Waals surface area contributed by atoms with Crippen LogP contribution in [-0.2, 0) is 0 Å². The van der Waals surface area contributed by atoms with E-state index < -0.39 is 0 Å². The van der Waals surface area contributed by atoms with Crippen molar-refractivity contribution in [3.05, 3.63) is 23.4 Å². The van der Waals surface area contributed by atoms with Gasteiger partial charge in [0.1, 0.15) is 5.82 Å². The van der Waals surface area contributed by atoms with Crippen LogP contribution >= 0.6 is 23.5 Å². The van der Waals surface area contributed by atoms with Gasteiger partial charge in [0.05, 0.1) is 10.8 Å². The number of anilines is 1. The molecule has 1 aromatic heterocycles. The number of aromatic nitrogens is 1. The molecule has 0 bridgehead atoms. The average Bonchev–Trinajstić information content (AvgIpc) is 2.35. The summed E-state index contributed by atoms with van der Waals surface area (Å²) in [6.45, 7) is 6.32. The summed E-state index contributed by atoms with van der Waals surface area (Å²) in [6.07, 6.45) is 1.69. The van der Waals surface area contributed by atoms with Gasteiger partial charge in [0.15, 0.2) is 5.78 Å². The Morgan fingerprint density at radius 3 is 2.83 bits per heavy atom. The Morgan fingerprint density at radius 1 is 1.44 bits per heavy atom. The Morgan fingerprint density at radius 2 is 2.17 bits per heavy atom. The van der Waals surface area contributed by atoms with Gasteiger partial charge in [-0.05, 0) is 18.6 Å². The quantitative estimate of drug-likeness (QED) is 0.845. The van der Waals surface area contributed by atoms with Crippen LogP contribution in [0.25, 0.3) is 0 Å². The van der Waals surface area contributed by atoms with Crippen LogP contribution in [0.3, 0.4) is 0 Å². The van der Waals surface area contributed by atoms with Crippen molar-refractivity contribution in [2.45, 2.75) is 36.5 Å². The molecular formula is C13H18N2OS2. The number of ketones is 1. The Hall–Kier alpha value is -0.680. The molecule has 5 heteroatoms. The molecule has 1 aliphatic rings. The van der Waals surface area contributed by atoms with Gasteiger partial charge >= 0.3 is 0 Å². The number of carbonyl (C=O) groups is 1. The Balaban J connectivity index is 2.19. The fourth-order valence-corrected chi connectivity index (χ4v) is 4.74. The maximum atomic E-state index is 12.5. The highest BCUT2D eigenvalue weighted by atomic mass is 32.2. The topological polar surface area (TPSA) is 56.0 Å². The number of carbonyl (C=O) groups excluding carboxylic acids is 1. The fourth-order valence-electron chi connectivity index (χ4n) is 1.87. The van der Waals surface area contributed by atoms with E-state index in [-0.39, 0.29) is 11.0 Å².